The molecule has 0 saturated carbocycles. The summed E-state index contributed by atoms with van der Waals surface area (Å²) in [5.41, 5.74) is 0.723. The summed E-state index contributed by atoms with van der Waals surface area (Å²) in [4.78, 5) is 21.7. The number of pyridine rings is 1. The number of fused-ring (bicyclic) bond motifs is 1. The lowest BCUT2D eigenvalue weighted by Gasteiger charge is -2.33. The van der Waals surface area contributed by atoms with E-state index < -0.39 is 0 Å². The van der Waals surface area contributed by atoms with Gasteiger partial charge in [-0.3, -0.25) is 14.7 Å². The summed E-state index contributed by atoms with van der Waals surface area (Å²) >= 11 is 1.86. The summed E-state index contributed by atoms with van der Waals surface area (Å²) < 4.78 is 6.10. The van der Waals surface area contributed by atoms with E-state index in [-0.39, 0.29) is 18.1 Å². The third-order valence-corrected chi connectivity index (χ3v) is 6.02. The molecule has 2 fully saturated rings. The number of nitrogens with one attached hydrogen (secondary N) is 1. The Kier molecular flexibility index (Phi) is 4.83. The number of likely N-dealkylation sites (tertiary alicyclic amines) is 1. The lowest BCUT2D eigenvalue weighted by Crippen LogP contribution is -2.41. The average Bonchev–Trinajstić information content (AvgIpc) is 3.21. The Hall–Kier alpha value is -1.76. The molecule has 1 N–H and O–H groups in total. The van der Waals surface area contributed by atoms with Crippen molar-refractivity contribution in [1.82, 2.24) is 9.88 Å². The predicted octanol–water partition coefficient (Wildman–Crippen LogP) is 3.07. The predicted molar refractivity (Wildman–Crippen MR) is 98.6 cm³/mol. The van der Waals surface area contributed by atoms with Crippen LogP contribution in [0.2, 0.25) is 0 Å². The van der Waals surface area contributed by atoms with E-state index in [9.17, 15) is 4.79 Å². The van der Waals surface area contributed by atoms with Crippen LogP contribution >= 0.6 is 11.3 Å². The maximum atomic E-state index is 12.5. The summed E-state index contributed by atoms with van der Waals surface area (Å²) in [5.74, 6) is 0.439. The maximum absolute atomic E-state index is 12.5. The van der Waals surface area contributed by atoms with Gasteiger partial charge in [0.1, 0.15) is 6.10 Å². The molecule has 0 unspecified atom stereocenters. The van der Waals surface area contributed by atoms with E-state index in [0.717, 1.165) is 38.2 Å². The van der Waals surface area contributed by atoms with Gasteiger partial charge < -0.3 is 10.1 Å². The van der Waals surface area contributed by atoms with Crippen molar-refractivity contribution in [2.75, 3.05) is 18.4 Å². The SMILES string of the molecule is Cc1ccc(CN2CC[C@@H]3C[C@H](C(=O)Nc4cccnc4)O[C@H]3C2)s1. The zero-order chi connectivity index (χ0) is 17.2. The monoisotopic (exact) mass is 357 g/mol. The number of hydrogen-bond donors (Lipinski definition) is 1. The maximum Gasteiger partial charge on any atom is 0.253 e. The lowest BCUT2D eigenvalue weighted by molar-refractivity contribution is -0.127. The number of hydrogen-bond acceptors (Lipinski definition) is 5. The number of carbonyl (C=O) groups is 1. The standard InChI is InChI=1S/C19H23N3O2S/c1-13-4-5-16(25-13)11-22-8-6-14-9-17(24-18(14)12-22)19(23)21-15-3-2-7-20-10-15/h2-5,7,10,14,17-18H,6,8-9,11-12H2,1H3,(H,21,23)/t14-,17-,18+/m1/s1. The van der Waals surface area contributed by atoms with Crippen LogP contribution in [0, 0.1) is 12.8 Å². The Balaban J connectivity index is 1.33. The summed E-state index contributed by atoms with van der Waals surface area (Å²) in [5, 5.41) is 2.91. The number of nitrogens with zero attached hydrogens (tertiary/aromatic N) is 2. The number of carbonyl (C=O) groups excluding carboxylic acids is 1. The summed E-state index contributed by atoms with van der Waals surface area (Å²) in [6, 6.07) is 8.05. The van der Waals surface area contributed by atoms with E-state index in [2.05, 4.69) is 34.3 Å². The van der Waals surface area contributed by atoms with Crippen LogP contribution in [0.4, 0.5) is 5.69 Å². The first-order chi connectivity index (χ1) is 12.2. The zero-order valence-corrected chi connectivity index (χ0v) is 15.2. The van der Waals surface area contributed by atoms with Crippen molar-refractivity contribution in [2.45, 2.75) is 38.5 Å². The second-order valence-electron chi connectivity index (χ2n) is 6.93. The van der Waals surface area contributed by atoms with Crippen LogP contribution in [-0.2, 0) is 16.1 Å². The van der Waals surface area contributed by atoms with Crippen LogP contribution in [0.1, 0.15) is 22.6 Å². The summed E-state index contributed by atoms with van der Waals surface area (Å²) in [7, 11) is 0. The first-order valence-electron chi connectivity index (χ1n) is 8.81. The number of rotatable bonds is 4. The van der Waals surface area contributed by atoms with Crippen LogP contribution in [0.25, 0.3) is 0 Å². The highest BCUT2D eigenvalue weighted by Gasteiger charge is 2.41. The van der Waals surface area contributed by atoms with E-state index in [1.165, 1.54) is 9.75 Å². The molecule has 132 valence electrons. The van der Waals surface area contributed by atoms with Crippen LogP contribution in [-0.4, -0.2) is 41.1 Å². The largest absolute Gasteiger partial charge is 0.364 e. The van der Waals surface area contributed by atoms with E-state index >= 15 is 0 Å². The van der Waals surface area contributed by atoms with Crippen molar-refractivity contribution in [2.24, 2.45) is 5.92 Å². The second-order valence-corrected chi connectivity index (χ2v) is 8.30. The third-order valence-electron chi connectivity index (χ3n) is 5.03. The highest BCUT2D eigenvalue weighted by Crippen LogP contribution is 2.34. The molecule has 2 saturated heterocycles. The Morgan fingerprint density at radius 1 is 1.44 bits per heavy atom. The topological polar surface area (TPSA) is 54.5 Å². The fraction of sp³-hybridized carbons (Fsp3) is 0.474. The number of piperidine rings is 1. The molecule has 4 heterocycles. The van der Waals surface area contributed by atoms with Crippen LogP contribution < -0.4 is 5.32 Å². The number of amides is 1. The zero-order valence-electron chi connectivity index (χ0n) is 14.4. The molecule has 5 nitrogen and oxygen atoms in total. The highest BCUT2D eigenvalue weighted by atomic mass is 32.1. The average molecular weight is 357 g/mol. The lowest BCUT2D eigenvalue weighted by atomic mass is 9.91. The van der Waals surface area contributed by atoms with Crippen LogP contribution in [0.15, 0.2) is 36.7 Å². The molecule has 2 aliphatic heterocycles. The molecule has 25 heavy (non-hydrogen) atoms. The molecule has 2 aliphatic rings. The van der Waals surface area contributed by atoms with Crippen molar-refractivity contribution < 1.29 is 9.53 Å². The van der Waals surface area contributed by atoms with E-state index in [1.54, 1.807) is 12.4 Å². The first kappa shape index (κ1) is 16.7. The molecule has 2 aromatic heterocycles. The van der Waals surface area contributed by atoms with Gasteiger partial charge >= 0.3 is 0 Å². The van der Waals surface area contributed by atoms with Crippen molar-refractivity contribution in [3.8, 4) is 0 Å². The Morgan fingerprint density at radius 2 is 2.36 bits per heavy atom. The van der Waals surface area contributed by atoms with Gasteiger partial charge in [0.25, 0.3) is 5.91 Å². The van der Waals surface area contributed by atoms with E-state index in [4.69, 9.17) is 4.74 Å². The minimum absolute atomic E-state index is 0.0529. The van der Waals surface area contributed by atoms with E-state index in [0.29, 0.717) is 5.92 Å². The minimum Gasteiger partial charge on any atom is -0.364 e. The third kappa shape index (κ3) is 3.92. The van der Waals surface area contributed by atoms with Gasteiger partial charge in [-0.05, 0) is 56.5 Å². The van der Waals surface area contributed by atoms with Crippen molar-refractivity contribution in [1.29, 1.82) is 0 Å². The highest BCUT2D eigenvalue weighted by molar-refractivity contribution is 7.11. The van der Waals surface area contributed by atoms with Gasteiger partial charge in [-0.15, -0.1) is 11.3 Å². The van der Waals surface area contributed by atoms with Crippen molar-refractivity contribution >= 4 is 22.9 Å². The fourth-order valence-corrected chi connectivity index (χ4v) is 4.69. The fourth-order valence-electron chi connectivity index (χ4n) is 3.76. The van der Waals surface area contributed by atoms with Crippen molar-refractivity contribution in [3.63, 3.8) is 0 Å². The quantitative estimate of drug-likeness (QED) is 0.914. The summed E-state index contributed by atoms with van der Waals surface area (Å²) in [6.07, 6.45) is 5.09. The number of thiophene rings is 1. The second kappa shape index (κ2) is 7.23. The number of anilines is 1. The molecular formula is C19H23N3O2S. The Morgan fingerprint density at radius 3 is 3.12 bits per heavy atom. The van der Waals surface area contributed by atoms with Crippen molar-refractivity contribution in [3.05, 3.63) is 46.4 Å². The Bertz CT molecular complexity index is 733. The van der Waals surface area contributed by atoms with Gasteiger partial charge in [0.15, 0.2) is 0 Å². The molecule has 0 aliphatic carbocycles. The molecule has 0 bridgehead atoms. The number of aromatic nitrogens is 1. The molecule has 2 aromatic rings. The molecule has 0 aromatic carbocycles. The molecule has 6 heteroatoms. The molecular weight excluding hydrogens is 334 g/mol. The molecule has 0 radical (unpaired) electrons. The first-order valence-corrected chi connectivity index (χ1v) is 9.63. The normalized spacial score (nSPS) is 26.4. The molecule has 0 spiro atoms. The van der Waals surface area contributed by atoms with Gasteiger partial charge in [-0.2, -0.15) is 0 Å². The van der Waals surface area contributed by atoms with Gasteiger partial charge in [-0.25, -0.2) is 0 Å². The van der Waals surface area contributed by atoms with Crippen LogP contribution in [0.3, 0.4) is 0 Å². The van der Waals surface area contributed by atoms with Gasteiger partial charge in [0, 0.05) is 29.0 Å². The minimum atomic E-state index is -0.348. The van der Waals surface area contributed by atoms with Gasteiger partial charge in [-0.1, -0.05) is 0 Å². The Labute approximate surface area is 152 Å². The van der Waals surface area contributed by atoms with Crippen LogP contribution in [0.5, 0.6) is 0 Å². The number of aryl methyl sites for hydroxylation is 1. The molecule has 1 amide bonds. The number of ether oxygens (including phenoxy) is 1. The smallest absolute Gasteiger partial charge is 0.253 e. The van der Waals surface area contributed by atoms with Gasteiger partial charge in [0.2, 0.25) is 0 Å². The van der Waals surface area contributed by atoms with E-state index in [1.807, 2.05) is 23.5 Å². The van der Waals surface area contributed by atoms with Gasteiger partial charge in [0.05, 0.1) is 18.0 Å². The summed E-state index contributed by atoms with van der Waals surface area (Å²) in [6.45, 7) is 5.13. The molecule has 3 atom stereocenters. The molecule has 4 rings (SSSR count).